The fourth-order valence-electron chi connectivity index (χ4n) is 0.618. The van der Waals surface area contributed by atoms with E-state index < -0.39 is 11.7 Å². The topological polar surface area (TPSA) is 68.0 Å². The Balaban J connectivity index is 3.05. The lowest BCUT2D eigenvalue weighted by Crippen LogP contribution is -2.30. The van der Waals surface area contributed by atoms with Crippen molar-refractivity contribution in [1.82, 2.24) is 10.4 Å². The van der Waals surface area contributed by atoms with Gasteiger partial charge in [-0.25, -0.2) is 15.2 Å². The Hall–Kier alpha value is -1.20. The summed E-state index contributed by atoms with van der Waals surface area (Å²) in [5, 5.41) is -0.351. The van der Waals surface area contributed by atoms with Gasteiger partial charge >= 0.3 is 0 Å². The molecule has 6 heteroatoms. The molecule has 0 saturated heterocycles. The van der Waals surface area contributed by atoms with Crippen molar-refractivity contribution in [2.75, 3.05) is 0 Å². The molecule has 0 aliphatic rings. The molecule has 0 saturated carbocycles. The van der Waals surface area contributed by atoms with Gasteiger partial charge in [-0.15, -0.1) is 0 Å². The number of halogens is 2. The number of nitrogens with two attached hydrogens (primary N) is 1. The van der Waals surface area contributed by atoms with Crippen LogP contribution in [0.5, 0.6) is 0 Å². The van der Waals surface area contributed by atoms with Crippen LogP contribution in [0.3, 0.4) is 0 Å². The maximum Gasteiger partial charge on any atom is 0.283 e. The molecular weight excluding hydrogens is 185 g/mol. The van der Waals surface area contributed by atoms with Crippen LogP contribution in [0.2, 0.25) is 5.15 Å². The summed E-state index contributed by atoms with van der Waals surface area (Å²) in [6, 6.07) is 2.23. The zero-order valence-electron chi connectivity index (χ0n) is 5.84. The Labute approximate surface area is 72.5 Å². The highest BCUT2D eigenvalue weighted by Gasteiger charge is 2.08. The van der Waals surface area contributed by atoms with Gasteiger partial charge in [-0.3, -0.25) is 10.2 Å². The zero-order chi connectivity index (χ0) is 9.14. The molecule has 0 bridgehead atoms. The third kappa shape index (κ3) is 1.69. The van der Waals surface area contributed by atoms with Crippen molar-refractivity contribution < 1.29 is 9.18 Å². The predicted molar refractivity (Wildman–Crippen MR) is 40.9 cm³/mol. The Morgan fingerprint density at radius 1 is 1.67 bits per heavy atom. The van der Waals surface area contributed by atoms with Crippen molar-refractivity contribution in [2.45, 2.75) is 0 Å². The number of nitrogen functional groups attached to an aromatic ring is 1. The quantitative estimate of drug-likeness (QED) is 0.292. The van der Waals surface area contributed by atoms with Crippen LogP contribution in [0, 0.1) is 5.82 Å². The number of hydrazine groups is 1. The number of carbonyl (C=O) groups is 1. The number of amides is 1. The van der Waals surface area contributed by atoms with Gasteiger partial charge in [-0.2, -0.15) is 0 Å². The van der Waals surface area contributed by atoms with E-state index in [1.807, 2.05) is 5.43 Å². The first-order chi connectivity index (χ1) is 5.65. The van der Waals surface area contributed by atoms with Crippen LogP contribution in [0.15, 0.2) is 12.1 Å². The summed E-state index contributed by atoms with van der Waals surface area (Å²) in [5.74, 6) is 3.53. The molecule has 64 valence electrons. The summed E-state index contributed by atoms with van der Waals surface area (Å²) in [4.78, 5) is 14.2. The molecule has 0 atom stereocenters. The first kappa shape index (κ1) is 8.89. The van der Waals surface area contributed by atoms with Crippen molar-refractivity contribution in [3.8, 4) is 0 Å². The lowest BCUT2D eigenvalue weighted by Gasteiger charge is -1.98. The highest BCUT2D eigenvalue weighted by atomic mass is 35.5. The lowest BCUT2D eigenvalue weighted by atomic mass is 10.3. The van der Waals surface area contributed by atoms with Gasteiger partial charge in [0.2, 0.25) is 0 Å². The molecule has 1 heterocycles. The fraction of sp³-hybridized carbons (Fsp3) is 0. The Bertz CT molecular complexity index is 318. The van der Waals surface area contributed by atoms with Crippen molar-refractivity contribution in [2.24, 2.45) is 5.84 Å². The minimum atomic E-state index is -0.676. The molecule has 0 aliphatic heterocycles. The van der Waals surface area contributed by atoms with Gasteiger partial charge < -0.3 is 0 Å². The maximum atomic E-state index is 12.5. The summed E-state index contributed by atoms with van der Waals surface area (Å²) in [5.41, 5.74) is 1.82. The smallest absolute Gasteiger partial charge is 0.283 e. The molecule has 1 aromatic rings. The normalized spacial score (nSPS) is 9.58. The third-order valence-electron chi connectivity index (χ3n) is 1.17. The van der Waals surface area contributed by atoms with Gasteiger partial charge in [0.1, 0.15) is 5.69 Å². The van der Waals surface area contributed by atoms with Crippen LogP contribution in [0.25, 0.3) is 0 Å². The number of rotatable bonds is 1. The van der Waals surface area contributed by atoms with E-state index in [1.165, 1.54) is 6.07 Å². The van der Waals surface area contributed by atoms with Crippen LogP contribution in [-0.2, 0) is 0 Å². The van der Waals surface area contributed by atoms with Gasteiger partial charge in [0.05, 0.1) is 0 Å². The highest BCUT2D eigenvalue weighted by Crippen LogP contribution is 2.10. The Morgan fingerprint density at radius 2 is 2.33 bits per heavy atom. The number of nitrogens with zero attached hydrogens (tertiary/aromatic N) is 1. The van der Waals surface area contributed by atoms with Gasteiger partial charge in [0.25, 0.3) is 5.91 Å². The van der Waals surface area contributed by atoms with Crippen molar-refractivity contribution in [3.05, 3.63) is 28.8 Å². The largest absolute Gasteiger partial charge is 0.289 e. The Morgan fingerprint density at radius 3 is 2.83 bits per heavy atom. The predicted octanol–water partition coefficient (Wildman–Crippen LogP) is 0.478. The molecular formula is C6H5ClFN3O. The number of pyridine rings is 1. The summed E-state index contributed by atoms with van der Waals surface area (Å²) in [6.07, 6.45) is 0. The average molecular weight is 190 g/mol. The first-order valence-corrected chi connectivity index (χ1v) is 3.36. The molecule has 0 unspecified atom stereocenters. The van der Waals surface area contributed by atoms with E-state index in [-0.39, 0.29) is 10.8 Å². The zero-order valence-corrected chi connectivity index (χ0v) is 6.60. The van der Waals surface area contributed by atoms with Crippen molar-refractivity contribution in [3.63, 3.8) is 0 Å². The average Bonchev–Trinajstić information content (AvgIpc) is 2.08. The number of hydrogen-bond donors (Lipinski definition) is 2. The second-order valence-electron chi connectivity index (χ2n) is 1.94. The number of aromatic nitrogens is 1. The molecule has 12 heavy (non-hydrogen) atoms. The molecule has 1 amide bonds. The van der Waals surface area contributed by atoms with E-state index in [0.29, 0.717) is 0 Å². The maximum absolute atomic E-state index is 12.5. The van der Waals surface area contributed by atoms with Gasteiger partial charge in [-0.1, -0.05) is 11.6 Å². The van der Waals surface area contributed by atoms with E-state index in [9.17, 15) is 9.18 Å². The summed E-state index contributed by atoms with van der Waals surface area (Å²) < 4.78 is 12.5. The molecule has 0 fully saturated rings. The lowest BCUT2D eigenvalue weighted by molar-refractivity contribution is 0.0948. The minimum Gasteiger partial charge on any atom is -0.289 e. The molecule has 0 aromatic carbocycles. The second kappa shape index (κ2) is 3.46. The molecule has 1 rings (SSSR count). The Kier molecular flexibility index (Phi) is 2.57. The fourth-order valence-corrected chi connectivity index (χ4v) is 0.772. The van der Waals surface area contributed by atoms with Crippen LogP contribution >= 0.6 is 11.6 Å². The van der Waals surface area contributed by atoms with E-state index in [4.69, 9.17) is 17.4 Å². The molecule has 1 aromatic heterocycles. The third-order valence-corrected chi connectivity index (χ3v) is 1.43. The van der Waals surface area contributed by atoms with Gasteiger partial charge in [-0.05, 0) is 12.1 Å². The highest BCUT2D eigenvalue weighted by molar-refractivity contribution is 6.29. The molecule has 0 radical (unpaired) electrons. The second-order valence-corrected chi connectivity index (χ2v) is 2.30. The SMILES string of the molecule is NNC(=O)c1ccc(F)c(Cl)n1. The first-order valence-electron chi connectivity index (χ1n) is 2.98. The van der Waals surface area contributed by atoms with Crippen LogP contribution < -0.4 is 11.3 Å². The number of hydrogen-bond acceptors (Lipinski definition) is 3. The monoisotopic (exact) mass is 189 g/mol. The minimum absolute atomic E-state index is 0.0242. The van der Waals surface area contributed by atoms with Crippen molar-refractivity contribution >= 4 is 17.5 Å². The van der Waals surface area contributed by atoms with E-state index in [1.54, 1.807) is 0 Å². The van der Waals surface area contributed by atoms with E-state index in [2.05, 4.69) is 4.98 Å². The van der Waals surface area contributed by atoms with Crippen LogP contribution in [0.1, 0.15) is 10.5 Å². The van der Waals surface area contributed by atoms with Gasteiger partial charge in [0.15, 0.2) is 11.0 Å². The van der Waals surface area contributed by atoms with E-state index in [0.717, 1.165) is 6.07 Å². The number of carbonyl (C=O) groups excluding carboxylic acids is 1. The molecule has 3 N–H and O–H groups in total. The van der Waals surface area contributed by atoms with Gasteiger partial charge in [0, 0.05) is 0 Å². The van der Waals surface area contributed by atoms with Crippen molar-refractivity contribution in [1.29, 1.82) is 0 Å². The number of nitrogens with one attached hydrogen (secondary N) is 1. The molecule has 4 nitrogen and oxygen atoms in total. The molecule has 0 aliphatic carbocycles. The summed E-state index contributed by atoms with van der Waals surface area (Å²) in [6.45, 7) is 0. The molecule has 0 spiro atoms. The summed E-state index contributed by atoms with van der Waals surface area (Å²) >= 11 is 5.31. The summed E-state index contributed by atoms with van der Waals surface area (Å²) in [7, 11) is 0. The van der Waals surface area contributed by atoms with E-state index >= 15 is 0 Å². The standard InChI is InChI=1S/C6H5ClFN3O/c7-5-3(8)1-2-4(10-5)6(12)11-9/h1-2H,9H2,(H,11,12). The van der Waals surface area contributed by atoms with Crippen LogP contribution in [-0.4, -0.2) is 10.9 Å². The van der Waals surface area contributed by atoms with Crippen LogP contribution in [0.4, 0.5) is 4.39 Å².